The van der Waals surface area contributed by atoms with E-state index in [4.69, 9.17) is 16.3 Å². The molecule has 0 aliphatic carbocycles. The Labute approximate surface area is 165 Å². The molecule has 3 aromatic rings. The number of halogens is 2. The zero-order valence-corrected chi connectivity index (χ0v) is 16.3. The molecule has 2 N–H and O–H groups in total. The number of benzene rings is 2. The van der Waals surface area contributed by atoms with Crippen molar-refractivity contribution >= 4 is 34.1 Å². The van der Waals surface area contributed by atoms with E-state index in [9.17, 15) is 14.0 Å². The Kier molecular flexibility index (Phi) is 5.56. The number of amides is 2. The summed E-state index contributed by atoms with van der Waals surface area (Å²) in [4.78, 5) is 28.9. The van der Waals surface area contributed by atoms with Crippen molar-refractivity contribution in [2.24, 2.45) is 0 Å². The van der Waals surface area contributed by atoms with Crippen molar-refractivity contribution in [1.29, 1.82) is 0 Å². The van der Waals surface area contributed by atoms with Crippen LogP contribution in [0.3, 0.4) is 0 Å². The van der Waals surface area contributed by atoms with Gasteiger partial charge in [-0.15, -0.1) is 0 Å². The first kappa shape index (κ1) is 19.7. The Hall–Kier alpha value is -3.06. The number of ether oxygens (including phenoxy) is 1. The van der Waals surface area contributed by atoms with E-state index in [-0.39, 0.29) is 16.6 Å². The van der Waals surface area contributed by atoms with Crippen LogP contribution in [0.15, 0.2) is 47.4 Å². The summed E-state index contributed by atoms with van der Waals surface area (Å²) in [5, 5.41) is 3.80. The summed E-state index contributed by atoms with van der Waals surface area (Å²) >= 11 is 5.76. The van der Waals surface area contributed by atoms with Crippen molar-refractivity contribution in [3.8, 4) is 5.75 Å². The van der Waals surface area contributed by atoms with E-state index in [1.165, 1.54) is 23.1 Å². The summed E-state index contributed by atoms with van der Waals surface area (Å²) in [6.07, 6.45) is 1.59. The van der Waals surface area contributed by atoms with Crippen LogP contribution in [0.1, 0.15) is 18.5 Å². The van der Waals surface area contributed by atoms with Crippen molar-refractivity contribution < 1.29 is 13.9 Å². The van der Waals surface area contributed by atoms with Crippen LogP contribution in [0, 0.1) is 5.82 Å². The number of carbonyl (C=O) groups excluding carboxylic acids is 1. The summed E-state index contributed by atoms with van der Waals surface area (Å²) in [6.45, 7) is 1.84. The molecule has 1 heterocycles. The lowest BCUT2D eigenvalue weighted by Gasteiger charge is -2.26. The third kappa shape index (κ3) is 3.80. The average molecular weight is 404 g/mol. The van der Waals surface area contributed by atoms with E-state index in [0.29, 0.717) is 22.2 Å². The lowest BCUT2D eigenvalue weighted by atomic mass is 10.0. The van der Waals surface area contributed by atoms with Gasteiger partial charge >= 0.3 is 6.03 Å². The lowest BCUT2D eigenvalue weighted by Crippen LogP contribution is -2.34. The molecule has 0 aliphatic heterocycles. The van der Waals surface area contributed by atoms with Crippen molar-refractivity contribution in [2.45, 2.75) is 13.0 Å². The summed E-state index contributed by atoms with van der Waals surface area (Å²) < 4.78 is 18.5. The van der Waals surface area contributed by atoms with Crippen molar-refractivity contribution in [1.82, 2.24) is 9.88 Å². The number of anilines is 1. The number of nitrogens with one attached hydrogen (secondary N) is 2. The fraction of sp³-hybridized carbons (Fsp3) is 0.200. The number of methoxy groups -OCH3 is 1. The molecule has 0 fully saturated rings. The second-order valence-electron chi connectivity index (χ2n) is 6.33. The van der Waals surface area contributed by atoms with E-state index >= 15 is 0 Å². The van der Waals surface area contributed by atoms with Gasteiger partial charge in [0.15, 0.2) is 0 Å². The number of hydrogen-bond acceptors (Lipinski definition) is 3. The van der Waals surface area contributed by atoms with E-state index in [1.807, 2.05) is 6.92 Å². The molecule has 2 aromatic carbocycles. The smallest absolute Gasteiger partial charge is 0.322 e. The van der Waals surface area contributed by atoms with Crippen LogP contribution < -0.4 is 15.6 Å². The predicted molar refractivity (Wildman–Crippen MR) is 108 cm³/mol. The number of urea groups is 1. The van der Waals surface area contributed by atoms with Crippen molar-refractivity contribution in [2.75, 3.05) is 19.5 Å². The number of aromatic amines is 1. The molecule has 0 bridgehead atoms. The molecule has 146 valence electrons. The second-order valence-corrected chi connectivity index (χ2v) is 6.74. The maximum Gasteiger partial charge on any atom is 0.322 e. The van der Waals surface area contributed by atoms with Crippen LogP contribution in [0.4, 0.5) is 14.9 Å². The highest BCUT2D eigenvalue weighted by Crippen LogP contribution is 2.28. The molecular formula is C20H19ClFN3O3. The number of carbonyl (C=O) groups is 1. The largest absolute Gasteiger partial charge is 0.497 e. The Bertz CT molecular complexity index is 1100. The first-order valence-electron chi connectivity index (χ1n) is 8.50. The van der Waals surface area contributed by atoms with Gasteiger partial charge in [0, 0.05) is 24.3 Å². The maximum atomic E-state index is 13.3. The zero-order valence-electron chi connectivity index (χ0n) is 15.5. The molecule has 3 rings (SSSR count). The molecule has 8 heteroatoms. The standard InChI is InChI=1S/C20H19ClFN3O3/c1-11(25(2)20(27)24-12-4-7-18(22)17(21)8-12)16-10-23-19(26)14-6-5-13(28-3)9-15(14)16/h4-11H,1-3H3,(H,23,26)(H,24,27)/t11-/m1/s1. The van der Waals surface area contributed by atoms with Crippen LogP contribution in [0.25, 0.3) is 10.8 Å². The van der Waals surface area contributed by atoms with Gasteiger partial charge in [0.1, 0.15) is 11.6 Å². The van der Waals surface area contributed by atoms with Crippen molar-refractivity contribution in [3.05, 3.63) is 69.4 Å². The van der Waals surface area contributed by atoms with Gasteiger partial charge in [-0.2, -0.15) is 0 Å². The van der Waals surface area contributed by atoms with Gasteiger partial charge in [-0.1, -0.05) is 11.6 Å². The van der Waals surface area contributed by atoms with Gasteiger partial charge in [-0.25, -0.2) is 9.18 Å². The minimum Gasteiger partial charge on any atom is -0.497 e. The second kappa shape index (κ2) is 7.90. The molecule has 1 atom stereocenters. The fourth-order valence-corrected chi connectivity index (χ4v) is 3.08. The van der Waals surface area contributed by atoms with Crippen LogP contribution in [0.2, 0.25) is 5.02 Å². The van der Waals surface area contributed by atoms with Crippen LogP contribution in [-0.4, -0.2) is 30.1 Å². The van der Waals surface area contributed by atoms with E-state index < -0.39 is 11.8 Å². The summed E-state index contributed by atoms with van der Waals surface area (Å²) in [5.41, 5.74) is 0.911. The highest BCUT2D eigenvalue weighted by Gasteiger charge is 2.21. The highest BCUT2D eigenvalue weighted by molar-refractivity contribution is 6.31. The number of fused-ring (bicyclic) bond motifs is 1. The topological polar surface area (TPSA) is 74.4 Å². The number of H-pyrrole nitrogens is 1. The molecule has 0 saturated heterocycles. The predicted octanol–water partition coefficient (Wildman–Crippen LogP) is 4.55. The summed E-state index contributed by atoms with van der Waals surface area (Å²) in [6, 6.07) is 8.33. The highest BCUT2D eigenvalue weighted by atomic mass is 35.5. The monoisotopic (exact) mass is 403 g/mol. The maximum absolute atomic E-state index is 13.3. The molecular weight excluding hydrogens is 385 g/mol. The van der Waals surface area contributed by atoms with E-state index in [1.54, 1.807) is 38.6 Å². The number of hydrogen-bond donors (Lipinski definition) is 2. The van der Waals surface area contributed by atoms with E-state index in [0.717, 1.165) is 5.56 Å². The molecule has 0 radical (unpaired) electrons. The first-order chi connectivity index (χ1) is 13.3. The third-order valence-electron chi connectivity index (χ3n) is 4.66. The molecule has 1 aromatic heterocycles. The summed E-state index contributed by atoms with van der Waals surface area (Å²) in [5.74, 6) is 0.0506. The van der Waals surface area contributed by atoms with Gasteiger partial charge in [-0.05, 0) is 54.3 Å². The molecule has 6 nitrogen and oxygen atoms in total. The van der Waals surface area contributed by atoms with Gasteiger partial charge in [0.2, 0.25) is 0 Å². The van der Waals surface area contributed by atoms with Gasteiger partial charge in [0.05, 0.1) is 18.2 Å². The number of pyridine rings is 1. The first-order valence-corrected chi connectivity index (χ1v) is 8.88. The molecule has 2 amide bonds. The molecule has 0 saturated carbocycles. The Morgan fingerprint density at radius 3 is 2.68 bits per heavy atom. The molecule has 28 heavy (non-hydrogen) atoms. The fourth-order valence-electron chi connectivity index (χ4n) is 2.90. The normalized spacial score (nSPS) is 11.9. The minimum absolute atomic E-state index is 0.0766. The lowest BCUT2D eigenvalue weighted by molar-refractivity contribution is 0.208. The third-order valence-corrected chi connectivity index (χ3v) is 4.95. The van der Waals surface area contributed by atoms with Crippen molar-refractivity contribution in [3.63, 3.8) is 0 Å². The van der Waals surface area contributed by atoms with Gasteiger partial charge < -0.3 is 19.9 Å². The number of nitrogens with zero attached hydrogens (tertiary/aromatic N) is 1. The Morgan fingerprint density at radius 2 is 2.00 bits per heavy atom. The summed E-state index contributed by atoms with van der Waals surface area (Å²) in [7, 11) is 3.17. The van der Waals surface area contributed by atoms with E-state index in [2.05, 4.69) is 10.3 Å². The Morgan fingerprint density at radius 1 is 1.25 bits per heavy atom. The molecule has 0 spiro atoms. The van der Waals surface area contributed by atoms with Crippen LogP contribution in [-0.2, 0) is 0 Å². The van der Waals surface area contributed by atoms with Gasteiger partial charge in [-0.3, -0.25) is 4.79 Å². The van der Waals surface area contributed by atoms with Crippen LogP contribution >= 0.6 is 11.6 Å². The molecule has 0 aliphatic rings. The average Bonchev–Trinajstić information content (AvgIpc) is 2.69. The quantitative estimate of drug-likeness (QED) is 0.670. The SMILES string of the molecule is COc1ccc2c(=O)[nH]cc([C@@H](C)N(C)C(=O)Nc3ccc(F)c(Cl)c3)c2c1. The van der Waals surface area contributed by atoms with Gasteiger partial charge in [0.25, 0.3) is 5.56 Å². The van der Waals surface area contributed by atoms with Crippen LogP contribution in [0.5, 0.6) is 5.75 Å². The Balaban J connectivity index is 1.91. The minimum atomic E-state index is -0.560. The zero-order chi connectivity index (χ0) is 20.4. The molecule has 0 unspecified atom stereocenters. The number of rotatable bonds is 4. The number of aromatic nitrogens is 1.